The largest absolute Gasteiger partial charge is 0.504 e. The summed E-state index contributed by atoms with van der Waals surface area (Å²) in [5.74, 6) is -1.13. The highest BCUT2D eigenvalue weighted by Gasteiger charge is 2.29. The van der Waals surface area contributed by atoms with Crippen LogP contribution >= 0.6 is 0 Å². The molecule has 0 spiro atoms. The first-order chi connectivity index (χ1) is 8.52. The molecule has 0 aromatic heterocycles. The van der Waals surface area contributed by atoms with Gasteiger partial charge in [0.15, 0.2) is 17.6 Å². The highest BCUT2D eigenvalue weighted by Crippen LogP contribution is 2.34. The van der Waals surface area contributed by atoms with Crippen LogP contribution in [0, 0.1) is 0 Å². The normalized spacial score (nSPS) is 13.8. The quantitative estimate of drug-likeness (QED) is 0.658. The van der Waals surface area contributed by atoms with E-state index in [4.69, 9.17) is 4.74 Å². The van der Waals surface area contributed by atoms with E-state index in [-0.39, 0.29) is 23.7 Å². The molecule has 0 aliphatic rings. The minimum absolute atomic E-state index is 0.00472. The predicted molar refractivity (Wildman–Crippen MR) is 62.3 cm³/mol. The lowest BCUT2D eigenvalue weighted by molar-refractivity contribution is -0.159. The molecule has 100 valence electrons. The molecule has 0 radical (unpaired) electrons. The molecule has 0 saturated carbocycles. The van der Waals surface area contributed by atoms with Crippen molar-refractivity contribution in [3.05, 3.63) is 23.8 Å². The first-order valence-corrected chi connectivity index (χ1v) is 5.41. The Morgan fingerprint density at radius 3 is 2.61 bits per heavy atom. The first-order valence-electron chi connectivity index (χ1n) is 5.41. The van der Waals surface area contributed by atoms with E-state index in [0.717, 1.165) is 0 Å². The van der Waals surface area contributed by atoms with Crippen molar-refractivity contribution in [2.24, 2.45) is 0 Å². The molecule has 1 rings (SSSR count). The lowest BCUT2D eigenvalue weighted by Gasteiger charge is -2.18. The van der Waals surface area contributed by atoms with Gasteiger partial charge in [0.25, 0.3) is 0 Å². The Labute approximate surface area is 104 Å². The van der Waals surface area contributed by atoms with E-state index >= 15 is 0 Å². The standard InChI is InChI=1S/C12H16O6/c1-3-18-12(16)11(15)10(14)7-5-4-6-8(17-2)9(7)13/h4-6,10-11,13-15H,3H2,1-2H3. The second kappa shape index (κ2) is 6.23. The number of phenols is 1. The molecule has 0 heterocycles. The zero-order valence-corrected chi connectivity index (χ0v) is 10.2. The van der Waals surface area contributed by atoms with Gasteiger partial charge < -0.3 is 24.8 Å². The summed E-state index contributed by atoms with van der Waals surface area (Å²) in [7, 11) is 1.35. The van der Waals surface area contributed by atoms with Gasteiger partial charge in [-0.3, -0.25) is 0 Å². The van der Waals surface area contributed by atoms with Crippen LogP contribution in [0.2, 0.25) is 0 Å². The Kier molecular flexibility index (Phi) is 4.94. The highest BCUT2D eigenvalue weighted by atomic mass is 16.5. The number of para-hydroxylation sites is 1. The fourth-order valence-corrected chi connectivity index (χ4v) is 1.47. The SMILES string of the molecule is CCOC(=O)C(O)C(O)c1cccc(OC)c1O. The molecule has 0 amide bonds. The third-order valence-electron chi connectivity index (χ3n) is 2.40. The summed E-state index contributed by atoms with van der Waals surface area (Å²) in [6, 6.07) is 4.39. The number of aliphatic hydroxyl groups excluding tert-OH is 2. The topological polar surface area (TPSA) is 96.2 Å². The Balaban J connectivity index is 2.96. The number of esters is 1. The maximum Gasteiger partial charge on any atom is 0.338 e. The van der Waals surface area contributed by atoms with Gasteiger partial charge in [-0.1, -0.05) is 12.1 Å². The smallest absolute Gasteiger partial charge is 0.338 e. The molecular formula is C12H16O6. The van der Waals surface area contributed by atoms with Crippen molar-refractivity contribution < 1.29 is 29.6 Å². The zero-order valence-electron chi connectivity index (χ0n) is 10.2. The fourth-order valence-electron chi connectivity index (χ4n) is 1.47. The lowest BCUT2D eigenvalue weighted by Crippen LogP contribution is -2.29. The minimum Gasteiger partial charge on any atom is -0.504 e. The summed E-state index contributed by atoms with van der Waals surface area (Å²) in [4.78, 5) is 11.3. The number of hydrogen-bond donors (Lipinski definition) is 3. The van der Waals surface area contributed by atoms with E-state index < -0.39 is 18.2 Å². The number of ether oxygens (including phenoxy) is 2. The van der Waals surface area contributed by atoms with Crippen molar-refractivity contribution in [2.45, 2.75) is 19.1 Å². The summed E-state index contributed by atoms with van der Waals surface area (Å²) < 4.78 is 9.45. The fraction of sp³-hybridized carbons (Fsp3) is 0.417. The molecule has 2 atom stereocenters. The van der Waals surface area contributed by atoms with Crippen molar-refractivity contribution >= 4 is 5.97 Å². The third-order valence-corrected chi connectivity index (χ3v) is 2.40. The van der Waals surface area contributed by atoms with Crippen LogP contribution in [0.1, 0.15) is 18.6 Å². The van der Waals surface area contributed by atoms with Crippen molar-refractivity contribution in [1.82, 2.24) is 0 Å². The molecule has 0 bridgehead atoms. The minimum atomic E-state index is -1.76. The Bertz CT molecular complexity index is 417. The predicted octanol–water partition coefficient (Wildman–Crippen LogP) is 0.358. The van der Waals surface area contributed by atoms with Crippen LogP contribution in [0.3, 0.4) is 0 Å². The molecule has 1 aromatic rings. The molecule has 18 heavy (non-hydrogen) atoms. The van der Waals surface area contributed by atoms with Gasteiger partial charge >= 0.3 is 5.97 Å². The summed E-state index contributed by atoms with van der Waals surface area (Å²) >= 11 is 0. The Hall–Kier alpha value is -1.79. The number of hydrogen-bond acceptors (Lipinski definition) is 6. The second-order valence-corrected chi connectivity index (χ2v) is 3.54. The summed E-state index contributed by atoms with van der Waals surface area (Å²) in [5.41, 5.74) is -0.00472. The summed E-state index contributed by atoms with van der Waals surface area (Å²) in [6.45, 7) is 1.67. The van der Waals surface area contributed by atoms with E-state index in [1.54, 1.807) is 6.92 Å². The van der Waals surface area contributed by atoms with Crippen LogP contribution in [0.4, 0.5) is 0 Å². The number of phenolic OH excluding ortho intramolecular Hbond substituents is 1. The van der Waals surface area contributed by atoms with Gasteiger partial charge in [-0.15, -0.1) is 0 Å². The lowest BCUT2D eigenvalue weighted by atomic mass is 10.0. The van der Waals surface area contributed by atoms with Gasteiger partial charge in [0, 0.05) is 5.56 Å². The molecule has 1 aromatic carbocycles. The Morgan fingerprint density at radius 2 is 2.06 bits per heavy atom. The van der Waals surface area contributed by atoms with E-state index in [1.807, 2.05) is 0 Å². The maximum absolute atomic E-state index is 11.3. The number of aromatic hydroxyl groups is 1. The first kappa shape index (κ1) is 14.3. The molecule has 0 aliphatic heterocycles. The van der Waals surface area contributed by atoms with Crippen LogP contribution in [0.15, 0.2) is 18.2 Å². The average Bonchev–Trinajstić information content (AvgIpc) is 2.37. The van der Waals surface area contributed by atoms with Crippen LogP contribution in [0.25, 0.3) is 0 Å². The summed E-state index contributed by atoms with van der Waals surface area (Å²) in [5, 5.41) is 29.2. The van der Waals surface area contributed by atoms with Gasteiger partial charge in [-0.25, -0.2) is 4.79 Å². The molecule has 0 fully saturated rings. The average molecular weight is 256 g/mol. The molecule has 6 nitrogen and oxygen atoms in total. The number of carbonyl (C=O) groups is 1. The number of methoxy groups -OCH3 is 1. The number of rotatable bonds is 5. The van der Waals surface area contributed by atoms with Crippen LogP contribution in [-0.2, 0) is 9.53 Å². The van der Waals surface area contributed by atoms with Gasteiger partial charge in [0.05, 0.1) is 13.7 Å². The van der Waals surface area contributed by atoms with Gasteiger partial charge in [-0.2, -0.15) is 0 Å². The van der Waals surface area contributed by atoms with Crippen molar-refractivity contribution in [1.29, 1.82) is 0 Å². The van der Waals surface area contributed by atoms with Crippen molar-refractivity contribution in [3.8, 4) is 11.5 Å². The van der Waals surface area contributed by atoms with Gasteiger partial charge in [0.1, 0.15) is 6.10 Å². The second-order valence-electron chi connectivity index (χ2n) is 3.54. The zero-order chi connectivity index (χ0) is 13.7. The number of benzene rings is 1. The van der Waals surface area contributed by atoms with Gasteiger partial charge in [-0.05, 0) is 13.0 Å². The maximum atomic E-state index is 11.3. The molecule has 3 N–H and O–H groups in total. The molecule has 0 aliphatic carbocycles. The number of carbonyl (C=O) groups excluding carboxylic acids is 1. The molecular weight excluding hydrogens is 240 g/mol. The molecule has 2 unspecified atom stereocenters. The number of aliphatic hydroxyl groups is 2. The van der Waals surface area contributed by atoms with Crippen molar-refractivity contribution in [3.63, 3.8) is 0 Å². The summed E-state index contributed by atoms with van der Waals surface area (Å²) in [6.07, 6.45) is -3.35. The Morgan fingerprint density at radius 1 is 1.39 bits per heavy atom. The monoisotopic (exact) mass is 256 g/mol. The van der Waals surface area contributed by atoms with E-state index in [1.165, 1.54) is 25.3 Å². The third kappa shape index (κ3) is 2.91. The molecule has 0 saturated heterocycles. The van der Waals surface area contributed by atoms with E-state index in [9.17, 15) is 20.1 Å². The van der Waals surface area contributed by atoms with E-state index in [0.29, 0.717) is 0 Å². The van der Waals surface area contributed by atoms with E-state index in [2.05, 4.69) is 4.74 Å². The van der Waals surface area contributed by atoms with Crippen LogP contribution in [-0.4, -0.2) is 41.1 Å². The van der Waals surface area contributed by atoms with Crippen LogP contribution in [0.5, 0.6) is 11.5 Å². The van der Waals surface area contributed by atoms with Crippen molar-refractivity contribution in [2.75, 3.05) is 13.7 Å². The van der Waals surface area contributed by atoms with Gasteiger partial charge in [0.2, 0.25) is 0 Å². The highest BCUT2D eigenvalue weighted by molar-refractivity contribution is 5.75. The molecule has 6 heteroatoms. The van der Waals surface area contributed by atoms with Crippen LogP contribution < -0.4 is 4.74 Å².